The van der Waals surface area contributed by atoms with E-state index in [2.05, 4.69) is 31.0 Å². The summed E-state index contributed by atoms with van der Waals surface area (Å²) in [6.45, 7) is 7.88. The minimum absolute atomic E-state index is 0.0671. The van der Waals surface area contributed by atoms with Crippen LogP contribution in [0.1, 0.15) is 86.4 Å². The number of ether oxygens (including phenoxy) is 2. The molecule has 1 saturated carbocycles. The van der Waals surface area contributed by atoms with E-state index < -0.39 is 0 Å². The maximum Gasteiger partial charge on any atom is 0.230 e. The monoisotopic (exact) mass is 634 g/mol. The number of benzene rings is 2. The van der Waals surface area contributed by atoms with E-state index in [1.54, 1.807) is 0 Å². The molecule has 5 rings (SSSR count). The molecule has 2 atom stereocenters. The van der Waals surface area contributed by atoms with Gasteiger partial charge >= 0.3 is 0 Å². The van der Waals surface area contributed by atoms with Crippen molar-refractivity contribution in [3.8, 4) is 11.5 Å². The number of rotatable bonds is 12. The molecule has 0 spiro atoms. The second-order valence-electron chi connectivity index (χ2n) is 11.5. The Labute approximate surface area is 265 Å². The van der Waals surface area contributed by atoms with Gasteiger partial charge in [-0.3, -0.25) is 9.59 Å². The molecule has 0 radical (unpaired) electrons. The molecule has 0 aliphatic heterocycles. The largest absolute Gasteiger partial charge is 0.491 e. The maximum atomic E-state index is 12.7. The van der Waals surface area contributed by atoms with E-state index >= 15 is 0 Å². The van der Waals surface area contributed by atoms with Crippen LogP contribution in [-0.2, 0) is 22.4 Å². The van der Waals surface area contributed by atoms with Crippen LogP contribution in [0.2, 0.25) is 0 Å². The Hall–Kier alpha value is -3.90. The molecule has 0 unspecified atom stereocenters. The summed E-state index contributed by atoms with van der Waals surface area (Å²) in [5.74, 6) is 1.66. The van der Waals surface area contributed by atoms with Gasteiger partial charge in [0.25, 0.3) is 0 Å². The van der Waals surface area contributed by atoms with E-state index in [9.17, 15) is 9.59 Å². The van der Waals surface area contributed by atoms with Gasteiger partial charge in [-0.25, -0.2) is 0 Å². The van der Waals surface area contributed by atoms with E-state index in [4.69, 9.17) is 9.47 Å². The summed E-state index contributed by atoms with van der Waals surface area (Å²) in [5.41, 5.74) is 1.75. The molecule has 2 aromatic heterocycles. The Balaban J connectivity index is 1.13. The molecule has 232 valence electrons. The average Bonchev–Trinajstić information content (AvgIpc) is 3.63. The lowest BCUT2D eigenvalue weighted by molar-refractivity contribution is -0.116. The van der Waals surface area contributed by atoms with Crippen LogP contribution >= 0.6 is 22.7 Å². The van der Waals surface area contributed by atoms with Gasteiger partial charge in [-0.1, -0.05) is 53.4 Å². The molecular weight excluding hydrogens is 597 g/mol. The summed E-state index contributed by atoms with van der Waals surface area (Å²) in [7, 11) is 0. The predicted octanol–water partition coefficient (Wildman–Crippen LogP) is 6.77. The Kier molecular flexibility index (Phi) is 10.5. The van der Waals surface area contributed by atoms with E-state index in [0.29, 0.717) is 10.3 Å². The molecule has 1 fully saturated rings. The molecule has 0 saturated heterocycles. The first-order valence-electron chi connectivity index (χ1n) is 15.0. The van der Waals surface area contributed by atoms with Crippen LogP contribution in [-0.4, -0.2) is 44.4 Å². The average molecular weight is 635 g/mol. The Morgan fingerprint density at radius 2 is 1.20 bits per heavy atom. The number of amides is 2. The highest BCUT2D eigenvalue weighted by Gasteiger charge is 2.29. The normalized spacial score (nSPS) is 16.6. The molecule has 2 aromatic carbocycles. The lowest BCUT2D eigenvalue weighted by Crippen LogP contribution is -2.14. The first-order chi connectivity index (χ1) is 21.2. The number of carbonyl (C=O) groups is 2. The summed E-state index contributed by atoms with van der Waals surface area (Å²) in [6.07, 6.45) is 4.50. The maximum absolute atomic E-state index is 12.7. The van der Waals surface area contributed by atoms with E-state index in [-0.39, 0.29) is 48.7 Å². The standard InChI is InChI=1S/C32H38N6O4S2/c1-19(2)41-25-12-5-8-21(14-25)16-27(39)33-31-37-35-29(43-31)23-10-7-11-24(18-23)30-36-38-32(44-30)34-28(40)17-22-9-6-13-26(15-22)42-20(3)4/h5-6,8-9,12-15,19-20,23-24H,7,10-11,16-18H2,1-4H3,(H,33,37,39)(H,34,38,40)/t23-,24-/m1/s1. The molecule has 1 aliphatic rings. The summed E-state index contributed by atoms with van der Waals surface area (Å²) >= 11 is 2.86. The molecule has 4 aromatic rings. The summed E-state index contributed by atoms with van der Waals surface area (Å²) in [4.78, 5) is 25.4. The molecule has 2 amide bonds. The van der Waals surface area contributed by atoms with E-state index in [1.165, 1.54) is 22.7 Å². The van der Waals surface area contributed by atoms with Crippen LogP contribution in [0.4, 0.5) is 10.3 Å². The quantitative estimate of drug-likeness (QED) is 0.175. The number of aromatic nitrogens is 4. The second-order valence-corrected chi connectivity index (χ2v) is 13.5. The fourth-order valence-corrected chi connectivity index (χ4v) is 7.05. The highest BCUT2D eigenvalue weighted by molar-refractivity contribution is 7.15. The van der Waals surface area contributed by atoms with E-state index in [1.807, 2.05) is 76.2 Å². The minimum Gasteiger partial charge on any atom is -0.491 e. The molecule has 0 bridgehead atoms. The first-order valence-corrected chi connectivity index (χ1v) is 16.6. The van der Waals surface area contributed by atoms with Gasteiger partial charge in [0, 0.05) is 11.8 Å². The lowest BCUT2D eigenvalue weighted by Gasteiger charge is -2.25. The SMILES string of the molecule is CC(C)Oc1cccc(CC(=O)Nc2nnc([C@@H]3CCC[C@@H](c4nnc(NC(=O)Cc5cccc(OC(C)C)c5)s4)C3)s2)c1. The zero-order valence-corrected chi connectivity index (χ0v) is 27.0. The van der Waals surface area contributed by atoms with Gasteiger partial charge in [0.15, 0.2) is 0 Å². The molecule has 44 heavy (non-hydrogen) atoms. The fraction of sp³-hybridized carbons (Fsp3) is 0.438. The molecular formula is C32H38N6O4S2. The zero-order chi connectivity index (χ0) is 31.1. The van der Waals surface area contributed by atoms with Crippen molar-refractivity contribution >= 4 is 44.8 Å². The Morgan fingerprint density at radius 3 is 1.64 bits per heavy atom. The van der Waals surface area contributed by atoms with Crippen molar-refractivity contribution in [3.63, 3.8) is 0 Å². The van der Waals surface area contributed by atoms with Crippen LogP contribution in [0.15, 0.2) is 48.5 Å². The van der Waals surface area contributed by atoms with Gasteiger partial charge < -0.3 is 20.1 Å². The third-order valence-corrected chi connectivity index (χ3v) is 9.02. The van der Waals surface area contributed by atoms with Crippen LogP contribution in [0.5, 0.6) is 11.5 Å². The Bertz CT molecular complexity index is 1460. The third-order valence-electron chi connectivity index (χ3n) is 7.02. The molecule has 12 heteroatoms. The van der Waals surface area contributed by atoms with Crippen molar-refractivity contribution in [1.29, 1.82) is 0 Å². The number of hydrogen-bond donors (Lipinski definition) is 2. The summed E-state index contributed by atoms with van der Waals surface area (Å²) < 4.78 is 11.5. The highest BCUT2D eigenvalue weighted by Crippen LogP contribution is 2.43. The van der Waals surface area contributed by atoms with Gasteiger partial charge in [0.05, 0.1) is 25.0 Å². The number of anilines is 2. The van der Waals surface area contributed by atoms with Gasteiger partial charge in [-0.15, -0.1) is 20.4 Å². The molecule has 10 nitrogen and oxygen atoms in total. The molecule has 2 N–H and O–H groups in total. The lowest BCUT2D eigenvalue weighted by atomic mass is 9.82. The van der Waals surface area contributed by atoms with Crippen LogP contribution < -0.4 is 20.1 Å². The zero-order valence-electron chi connectivity index (χ0n) is 25.4. The molecule has 1 aliphatic carbocycles. The Morgan fingerprint density at radius 1 is 0.750 bits per heavy atom. The van der Waals surface area contributed by atoms with Gasteiger partial charge in [-0.05, 0) is 82.3 Å². The minimum atomic E-state index is -0.143. The van der Waals surface area contributed by atoms with Crippen LogP contribution in [0.3, 0.4) is 0 Å². The van der Waals surface area contributed by atoms with Gasteiger partial charge in [-0.2, -0.15) is 0 Å². The van der Waals surface area contributed by atoms with Crippen LogP contribution in [0, 0.1) is 0 Å². The van der Waals surface area contributed by atoms with Crippen molar-refractivity contribution in [2.45, 2.75) is 90.3 Å². The topological polar surface area (TPSA) is 128 Å². The van der Waals surface area contributed by atoms with Crippen LogP contribution in [0.25, 0.3) is 0 Å². The number of hydrogen-bond acceptors (Lipinski definition) is 10. The first kappa shape index (κ1) is 31.5. The summed E-state index contributed by atoms with van der Waals surface area (Å²) in [5, 5.41) is 26.0. The fourth-order valence-electron chi connectivity index (χ4n) is 5.24. The number of carbonyl (C=O) groups excluding carboxylic acids is 2. The predicted molar refractivity (Wildman–Crippen MR) is 173 cm³/mol. The number of nitrogens with zero attached hydrogens (tertiary/aromatic N) is 4. The highest BCUT2D eigenvalue weighted by atomic mass is 32.1. The second kappa shape index (κ2) is 14.7. The van der Waals surface area contributed by atoms with Gasteiger partial charge in [0.2, 0.25) is 22.1 Å². The molecule has 2 heterocycles. The van der Waals surface area contributed by atoms with Gasteiger partial charge in [0.1, 0.15) is 21.5 Å². The van der Waals surface area contributed by atoms with E-state index in [0.717, 1.165) is 58.3 Å². The van der Waals surface area contributed by atoms with Crippen molar-refractivity contribution in [2.24, 2.45) is 0 Å². The van der Waals surface area contributed by atoms with Crippen molar-refractivity contribution < 1.29 is 19.1 Å². The van der Waals surface area contributed by atoms with Crippen molar-refractivity contribution in [2.75, 3.05) is 10.6 Å². The van der Waals surface area contributed by atoms with Crippen molar-refractivity contribution in [3.05, 3.63) is 69.7 Å². The third kappa shape index (κ3) is 9.06. The smallest absolute Gasteiger partial charge is 0.230 e. The number of nitrogens with one attached hydrogen (secondary N) is 2. The van der Waals surface area contributed by atoms with Crippen molar-refractivity contribution in [1.82, 2.24) is 20.4 Å². The summed E-state index contributed by atoms with van der Waals surface area (Å²) in [6, 6.07) is 15.2.